The molecule has 0 spiro atoms. The summed E-state index contributed by atoms with van der Waals surface area (Å²) in [5.74, 6) is 1.53. The molecule has 0 bridgehead atoms. The second-order valence-electron chi connectivity index (χ2n) is 4.73. The van der Waals surface area contributed by atoms with Crippen molar-refractivity contribution in [1.29, 1.82) is 0 Å². The molecule has 3 aromatic rings. The van der Waals surface area contributed by atoms with Crippen LogP contribution in [0.3, 0.4) is 0 Å². The van der Waals surface area contributed by atoms with Gasteiger partial charge < -0.3 is 4.98 Å². The van der Waals surface area contributed by atoms with E-state index in [0.29, 0.717) is 16.9 Å². The van der Waals surface area contributed by atoms with Gasteiger partial charge in [-0.2, -0.15) is 0 Å². The molecule has 1 N–H and O–H groups in total. The first-order valence-corrected chi connectivity index (χ1v) is 7.76. The molecule has 0 radical (unpaired) electrons. The minimum Gasteiger partial charge on any atom is -0.306 e. The number of fused-ring (bicyclic) bond motifs is 1. The van der Waals surface area contributed by atoms with Gasteiger partial charge in [0.05, 0.1) is 5.39 Å². The van der Waals surface area contributed by atoms with Crippen molar-refractivity contribution in [2.75, 3.05) is 5.75 Å². The van der Waals surface area contributed by atoms with E-state index >= 15 is 0 Å². The van der Waals surface area contributed by atoms with Gasteiger partial charge in [0, 0.05) is 16.7 Å². The van der Waals surface area contributed by atoms with E-state index in [1.54, 1.807) is 18.0 Å². The number of benzene rings is 1. The SMILES string of the molecule is CCSc1ccccc1-c1nc2ncc(C)cc2c(=O)[nH]1. The number of thioether (sulfide) groups is 1. The summed E-state index contributed by atoms with van der Waals surface area (Å²) in [7, 11) is 0. The Hall–Kier alpha value is -2.14. The van der Waals surface area contributed by atoms with E-state index in [0.717, 1.165) is 21.8 Å². The number of pyridine rings is 1. The van der Waals surface area contributed by atoms with Crippen LogP contribution in [0.4, 0.5) is 0 Å². The number of nitrogens with one attached hydrogen (secondary N) is 1. The number of nitrogens with zero attached hydrogens (tertiary/aromatic N) is 2. The van der Waals surface area contributed by atoms with Crippen LogP contribution in [0.2, 0.25) is 0 Å². The Labute approximate surface area is 126 Å². The van der Waals surface area contributed by atoms with Gasteiger partial charge in [-0.05, 0) is 30.4 Å². The fourth-order valence-electron chi connectivity index (χ4n) is 2.20. The molecule has 5 heteroatoms. The third-order valence-electron chi connectivity index (χ3n) is 3.14. The number of hydrogen-bond acceptors (Lipinski definition) is 4. The summed E-state index contributed by atoms with van der Waals surface area (Å²) in [6, 6.07) is 9.75. The number of H-pyrrole nitrogens is 1. The summed E-state index contributed by atoms with van der Waals surface area (Å²) in [5.41, 5.74) is 2.22. The molecule has 0 aliphatic rings. The van der Waals surface area contributed by atoms with Gasteiger partial charge in [0.2, 0.25) is 0 Å². The third-order valence-corrected chi connectivity index (χ3v) is 4.10. The highest BCUT2D eigenvalue weighted by Gasteiger charge is 2.10. The number of hydrogen-bond donors (Lipinski definition) is 1. The maximum Gasteiger partial charge on any atom is 0.260 e. The molecule has 0 saturated carbocycles. The predicted molar refractivity (Wildman–Crippen MR) is 86.7 cm³/mol. The number of aromatic nitrogens is 3. The summed E-state index contributed by atoms with van der Waals surface area (Å²) in [4.78, 5) is 25.0. The fraction of sp³-hybridized carbons (Fsp3) is 0.188. The second kappa shape index (κ2) is 5.69. The quantitative estimate of drug-likeness (QED) is 0.753. The van der Waals surface area contributed by atoms with E-state index in [1.807, 2.05) is 37.3 Å². The lowest BCUT2D eigenvalue weighted by Gasteiger charge is -2.08. The highest BCUT2D eigenvalue weighted by Crippen LogP contribution is 2.28. The Balaban J connectivity index is 2.22. The smallest absolute Gasteiger partial charge is 0.260 e. The van der Waals surface area contributed by atoms with E-state index in [-0.39, 0.29) is 5.56 Å². The van der Waals surface area contributed by atoms with E-state index in [9.17, 15) is 4.79 Å². The van der Waals surface area contributed by atoms with E-state index < -0.39 is 0 Å². The highest BCUT2D eigenvalue weighted by molar-refractivity contribution is 7.99. The number of aromatic amines is 1. The standard InChI is InChI=1S/C16H15N3OS/c1-3-21-13-7-5-4-6-11(13)15-18-14-12(16(20)19-15)8-10(2)9-17-14/h4-9H,3H2,1-2H3,(H,17,18,19,20). The van der Waals surface area contributed by atoms with Crippen molar-refractivity contribution in [1.82, 2.24) is 15.0 Å². The van der Waals surface area contributed by atoms with Gasteiger partial charge in [-0.15, -0.1) is 11.8 Å². The maximum absolute atomic E-state index is 12.3. The monoisotopic (exact) mass is 297 g/mol. The Kier molecular flexibility index (Phi) is 3.75. The van der Waals surface area contributed by atoms with E-state index in [4.69, 9.17) is 0 Å². The molecule has 2 aromatic heterocycles. The van der Waals surface area contributed by atoms with Crippen LogP contribution in [-0.4, -0.2) is 20.7 Å². The van der Waals surface area contributed by atoms with Crippen LogP contribution in [0.25, 0.3) is 22.4 Å². The topological polar surface area (TPSA) is 58.6 Å². The van der Waals surface area contributed by atoms with Crippen molar-refractivity contribution >= 4 is 22.8 Å². The molecule has 0 aliphatic heterocycles. The van der Waals surface area contributed by atoms with Crippen molar-refractivity contribution in [3.63, 3.8) is 0 Å². The van der Waals surface area contributed by atoms with Gasteiger partial charge in [-0.25, -0.2) is 9.97 Å². The number of aryl methyl sites for hydroxylation is 1. The van der Waals surface area contributed by atoms with Crippen LogP contribution in [-0.2, 0) is 0 Å². The Morgan fingerprint density at radius 3 is 2.90 bits per heavy atom. The molecule has 0 aliphatic carbocycles. The molecular weight excluding hydrogens is 282 g/mol. The normalized spacial score (nSPS) is 11.0. The van der Waals surface area contributed by atoms with Gasteiger partial charge in [0.1, 0.15) is 5.82 Å². The molecule has 106 valence electrons. The summed E-state index contributed by atoms with van der Waals surface area (Å²) >= 11 is 1.73. The van der Waals surface area contributed by atoms with Crippen LogP contribution in [0.1, 0.15) is 12.5 Å². The summed E-state index contributed by atoms with van der Waals surface area (Å²) < 4.78 is 0. The van der Waals surface area contributed by atoms with Crippen LogP contribution in [0.15, 0.2) is 46.2 Å². The zero-order valence-corrected chi connectivity index (χ0v) is 12.7. The predicted octanol–water partition coefficient (Wildman–Crippen LogP) is 3.41. The minimum atomic E-state index is -0.150. The Morgan fingerprint density at radius 2 is 2.10 bits per heavy atom. The molecule has 0 amide bonds. The Bertz CT molecular complexity index is 858. The first-order chi connectivity index (χ1) is 10.2. The van der Waals surface area contributed by atoms with Crippen LogP contribution in [0, 0.1) is 6.92 Å². The second-order valence-corrected chi connectivity index (χ2v) is 6.03. The van der Waals surface area contributed by atoms with Crippen molar-refractivity contribution in [3.8, 4) is 11.4 Å². The molecule has 4 nitrogen and oxygen atoms in total. The zero-order chi connectivity index (χ0) is 14.8. The van der Waals surface area contributed by atoms with Gasteiger partial charge in [0.15, 0.2) is 5.65 Å². The minimum absolute atomic E-state index is 0.150. The largest absolute Gasteiger partial charge is 0.306 e. The molecule has 0 fully saturated rings. The van der Waals surface area contributed by atoms with E-state index in [2.05, 4.69) is 21.9 Å². The third kappa shape index (κ3) is 2.69. The molecule has 0 atom stereocenters. The van der Waals surface area contributed by atoms with Crippen LogP contribution < -0.4 is 5.56 Å². The molecule has 21 heavy (non-hydrogen) atoms. The summed E-state index contributed by atoms with van der Waals surface area (Å²) in [6.07, 6.45) is 1.73. The average molecular weight is 297 g/mol. The molecule has 2 heterocycles. The zero-order valence-electron chi connectivity index (χ0n) is 11.9. The van der Waals surface area contributed by atoms with Gasteiger partial charge >= 0.3 is 0 Å². The lowest BCUT2D eigenvalue weighted by Crippen LogP contribution is -2.11. The fourth-order valence-corrected chi connectivity index (χ4v) is 3.00. The number of rotatable bonds is 3. The van der Waals surface area contributed by atoms with Crippen molar-refractivity contribution in [2.45, 2.75) is 18.7 Å². The summed E-state index contributed by atoms with van der Waals surface area (Å²) in [6.45, 7) is 4.01. The lowest BCUT2D eigenvalue weighted by atomic mass is 10.2. The molecule has 3 rings (SSSR count). The molecule has 0 saturated heterocycles. The van der Waals surface area contributed by atoms with Crippen molar-refractivity contribution in [3.05, 3.63) is 52.4 Å². The van der Waals surface area contributed by atoms with Crippen molar-refractivity contribution in [2.24, 2.45) is 0 Å². The maximum atomic E-state index is 12.3. The van der Waals surface area contributed by atoms with Gasteiger partial charge in [-0.1, -0.05) is 25.1 Å². The average Bonchev–Trinajstić information content (AvgIpc) is 2.49. The molecule has 0 unspecified atom stereocenters. The lowest BCUT2D eigenvalue weighted by molar-refractivity contribution is 1.13. The van der Waals surface area contributed by atoms with Crippen molar-refractivity contribution < 1.29 is 0 Å². The van der Waals surface area contributed by atoms with Crippen LogP contribution in [0.5, 0.6) is 0 Å². The first kappa shape index (κ1) is 13.8. The van der Waals surface area contributed by atoms with Crippen LogP contribution >= 0.6 is 11.8 Å². The first-order valence-electron chi connectivity index (χ1n) is 6.78. The van der Waals surface area contributed by atoms with E-state index in [1.165, 1.54) is 0 Å². The summed E-state index contributed by atoms with van der Waals surface area (Å²) in [5, 5.41) is 0.527. The highest BCUT2D eigenvalue weighted by atomic mass is 32.2. The Morgan fingerprint density at radius 1 is 1.29 bits per heavy atom. The van der Waals surface area contributed by atoms with Gasteiger partial charge in [0.25, 0.3) is 5.56 Å². The molecular formula is C16H15N3OS. The molecule has 1 aromatic carbocycles. The van der Waals surface area contributed by atoms with Gasteiger partial charge in [-0.3, -0.25) is 4.79 Å².